The Hall–Kier alpha value is -2.31. The lowest BCUT2D eigenvalue weighted by atomic mass is 10.2. The van der Waals surface area contributed by atoms with Crippen LogP contribution in [-0.2, 0) is 4.79 Å². The number of rotatable bonds is 5. The minimum atomic E-state index is -0.149. The first-order chi connectivity index (χ1) is 12.6. The second kappa shape index (κ2) is 8.38. The minimum absolute atomic E-state index is 0.0344. The molecule has 1 aromatic heterocycles. The minimum Gasteiger partial charge on any atom is -0.497 e. The maximum Gasteiger partial charge on any atom is 0.282 e. The van der Waals surface area contributed by atoms with Crippen LogP contribution in [0.1, 0.15) is 6.92 Å². The smallest absolute Gasteiger partial charge is 0.282 e. The number of pyridine rings is 1. The van der Waals surface area contributed by atoms with E-state index in [2.05, 4.69) is 27.3 Å². The summed E-state index contributed by atoms with van der Waals surface area (Å²) in [6, 6.07) is 11.5. The van der Waals surface area contributed by atoms with Crippen molar-refractivity contribution in [3.63, 3.8) is 0 Å². The summed E-state index contributed by atoms with van der Waals surface area (Å²) in [5.74, 6) is 0.824. The molecule has 1 atom stereocenters. The molecule has 0 unspecified atom stereocenters. The van der Waals surface area contributed by atoms with E-state index < -0.39 is 0 Å². The Bertz CT molecular complexity index is 745. The Morgan fingerprint density at radius 3 is 2.58 bits per heavy atom. The average molecular weight is 376 g/mol. The molecular formula is C19H24ClN4O2+. The van der Waals surface area contributed by atoms with Crippen LogP contribution in [0, 0.1) is 0 Å². The zero-order valence-corrected chi connectivity index (χ0v) is 15.8. The summed E-state index contributed by atoms with van der Waals surface area (Å²) in [4.78, 5) is 20.1. The number of amides is 1. The van der Waals surface area contributed by atoms with E-state index >= 15 is 0 Å². The molecule has 6 nitrogen and oxygen atoms in total. The zero-order valence-electron chi connectivity index (χ0n) is 15.0. The molecule has 7 heteroatoms. The molecule has 0 aliphatic carbocycles. The van der Waals surface area contributed by atoms with Gasteiger partial charge in [0.1, 0.15) is 5.75 Å². The Balaban J connectivity index is 1.55. The third-order valence-corrected chi connectivity index (χ3v) is 5.17. The van der Waals surface area contributed by atoms with Crippen molar-refractivity contribution in [3.05, 3.63) is 47.7 Å². The molecule has 0 radical (unpaired) electrons. The second-order valence-corrected chi connectivity index (χ2v) is 6.75. The molecule has 2 N–H and O–H groups in total. The lowest BCUT2D eigenvalue weighted by Crippen LogP contribution is -3.19. The van der Waals surface area contributed by atoms with Gasteiger partial charge in [-0.05, 0) is 43.3 Å². The van der Waals surface area contributed by atoms with Gasteiger partial charge < -0.3 is 19.9 Å². The fourth-order valence-corrected chi connectivity index (χ4v) is 3.35. The Morgan fingerprint density at radius 2 is 1.96 bits per heavy atom. The van der Waals surface area contributed by atoms with Crippen LogP contribution in [0.2, 0.25) is 5.15 Å². The van der Waals surface area contributed by atoms with Crippen molar-refractivity contribution in [1.29, 1.82) is 0 Å². The van der Waals surface area contributed by atoms with Gasteiger partial charge in [0.2, 0.25) is 0 Å². The quantitative estimate of drug-likeness (QED) is 0.777. The molecule has 1 saturated heterocycles. The van der Waals surface area contributed by atoms with Gasteiger partial charge in [-0.1, -0.05) is 11.6 Å². The van der Waals surface area contributed by atoms with E-state index in [9.17, 15) is 4.79 Å². The molecule has 0 bridgehead atoms. The number of anilines is 2. The highest BCUT2D eigenvalue weighted by Crippen LogP contribution is 2.19. The number of quaternary nitrogens is 1. The van der Waals surface area contributed by atoms with Gasteiger partial charge in [0.25, 0.3) is 5.91 Å². The Morgan fingerprint density at radius 1 is 1.27 bits per heavy atom. The molecule has 1 amide bonds. The highest BCUT2D eigenvalue weighted by atomic mass is 35.5. The lowest BCUT2D eigenvalue weighted by molar-refractivity contribution is -0.914. The van der Waals surface area contributed by atoms with Gasteiger partial charge in [0, 0.05) is 11.9 Å². The number of piperazine rings is 1. The van der Waals surface area contributed by atoms with Crippen LogP contribution < -0.4 is 19.9 Å². The normalized spacial score (nSPS) is 16.2. The summed E-state index contributed by atoms with van der Waals surface area (Å²) in [6.45, 7) is 5.58. The summed E-state index contributed by atoms with van der Waals surface area (Å²) in [5.41, 5.74) is 1.74. The highest BCUT2D eigenvalue weighted by Gasteiger charge is 2.29. The number of aromatic nitrogens is 1. The second-order valence-electron chi connectivity index (χ2n) is 6.40. The van der Waals surface area contributed by atoms with E-state index in [1.807, 2.05) is 19.1 Å². The van der Waals surface area contributed by atoms with Gasteiger partial charge in [0.05, 0.1) is 39.0 Å². The van der Waals surface area contributed by atoms with Gasteiger partial charge in [0.15, 0.2) is 11.2 Å². The molecule has 1 aliphatic rings. The molecule has 0 saturated carbocycles. The zero-order chi connectivity index (χ0) is 18.5. The maximum absolute atomic E-state index is 12.5. The molecule has 0 spiro atoms. The van der Waals surface area contributed by atoms with Gasteiger partial charge in [-0.25, -0.2) is 4.98 Å². The van der Waals surface area contributed by atoms with E-state index in [1.165, 1.54) is 10.6 Å². The van der Waals surface area contributed by atoms with Gasteiger partial charge >= 0.3 is 0 Å². The molecule has 3 rings (SSSR count). The van der Waals surface area contributed by atoms with Crippen LogP contribution in [0.3, 0.4) is 0 Å². The fourth-order valence-electron chi connectivity index (χ4n) is 3.18. The van der Waals surface area contributed by atoms with Crippen LogP contribution >= 0.6 is 11.6 Å². The fraction of sp³-hybridized carbons (Fsp3) is 0.368. The van der Waals surface area contributed by atoms with Crippen LogP contribution in [0.5, 0.6) is 5.75 Å². The van der Waals surface area contributed by atoms with E-state index in [-0.39, 0.29) is 11.9 Å². The summed E-state index contributed by atoms with van der Waals surface area (Å²) in [5, 5.41) is 3.19. The average Bonchev–Trinajstić information content (AvgIpc) is 2.69. The molecule has 1 aliphatic heterocycles. The summed E-state index contributed by atoms with van der Waals surface area (Å²) in [7, 11) is 1.67. The van der Waals surface area contributed by atoms with Crippen LogP contribution in [0.25, 0.3) is 0 Å². The van der Waals surface area contributed by atoms with Crippen LogP contribution in [-0.4, -0.2) is 50.2 Å². The number of halogens is 1. The first-order valence-corrected chi connectivity index (χ1v) is 9.11. The predicted octanol–water partition coefficient (Wildman–Crippen LogP) is 1.48. The first kappa shape index (κ1) is 18.5. The first-order valence-electron chi connectivity index (χ1n) is 8.73. The number of ether oxygens (including phenoxy) is 1. The highest BCUT2D eigenvalue weighted by molar-refractivity contribution is 6.32. The number of hydrogen-bond donors (Lipinski definition) is 2. The summed E-state index contributed by atoms with van der Waals surface area (Å²) >= 11 is 6.02. The van der Waals surface area contributed by atoms with Crippen molar-refractivity contribution in [2.45, 2.75) is 13.0 Å². The molecule has 1 aromatic carbocycles. The summed E-state index contributed by atoms with van der Waals surface area (Å²) < 4.78 is 5.21. The van der Waals surface area contributed by atoms with Crippen molar-refractivity contribution in [2.24, 2.45) is 0 Å². The molecule has 138 valence electrons. The monoisotopic (exact) mass is 375 g/mol. The number of methoxy groups -OCH3 is 1. The number of nitrogens with zero attached hydrogens (tertiary/aromatic N) is 2. The van der Waals surface area contributed by atoms with Crippen molar-refractivity contribution < 1.29 is 14.4 Å². The molecular weight excluding hydrogens is 352 g/mol. The molecule has 26 heavy (non-hydrogen) atoms. The third kappa shape index (κ3) is 4.26. The van der Waals surface area contributed by atoms with E-state index in [0.29, 0.717) is 10.8 Å². The topological polar surface area (TPSA) is 58.9 Å². The Labute approximate surface area is 158 Å². The largest absolute Gasteiger partial charge is 0.497 e. The van der Waals surface area contributed by atoms with Crippen molar-refractivity contribution in [2.75, 3.05) is 43.5 Å². The SMILES string of the molecule is COc1ccc(N2CC[NH+]([C@@H](C)C(=O)Nc3cccnc3Cl)CC2)cc1. The number of hydrogen-bond acceptors (Lipinski definition) is 4. The number of benzene rings is 1. The molecule has 2 aromatic rings. The lowest BCUT2D eigenvalue weighted by Gasteiger charge is -2.36. The van der Waals surface area contributed by atoms with E-state index in [0.717, 1.165) is 31.9 Å². The van der Waals surface area contributed by atoms with Gasteiger partial charge in [-0.3, -0.25) is 4.79 Å². The predicted molar refractivity (Wildman–Crippen MR) is 103 cm³/mol. The van der Waals surface area contributed by atoms with Crippen molar-refractivity contribution >= 4 is 28.9 Å². The van der Waals surface area contributed by atoms with E-state index in [1.54, 1.807) is 25.4 Å². The maximum atomic E-state index is 12.5. The van der Waals surface area contributed by atoms with Crippen molar-refractivity contribution in [3.8, 4) is 5.75 Å². The summed E-state index contributed by atoms with van der Waals surface area (Å²) in [6.07, 6.45) is 1.60. The molecule has 1 fully saturated rings. The van der Waals surface area contributed by atoms with Crippen LogP contribution in [0.4, 0.5) is 11.4 Å². The number of carbonyl (C=O) groups excluding carboxylic acids is 1. The molecule has 2 heterocycles. The van der Waals surface area contributed by atoms with Gasteiger partial charge in [-0.15, -0.1) is 0 Å². The van der Waals surface area contributed by atoms with Crippen molar-refractivity contribution in [1.82, 2.24) is 4.98 Å². The van der Waals surface area contributed by atoms with Crippen LogP contribution in [0.15, 0.2) is 42.6 Å². The number of carbonyl (C=O) groups is 1. The third-order valence-electron chi connectivity index (χ3n) is 4.87. The van der Waals surface area contributed by atoms with Gasteiger partial charge in [-0.2, -0.15) is 0 Å². The number of nitrogens with one attached hydrogen (secondary N) is 2. The van der Waals surface area contributed by atoms with E-state index in [4.69, 9.17) is 16.3 Å². The standard InChI is InChI=1S/C19H23ClN4O2/c1-14(19(25)22-17-4-3-9-21-18(17)20)23-10-12-24(13-11-23)15-5-7-16(26-2)8-6-15/h3-9,14H,10-13H2,1-2H3,(H,22,25)/p+1/t14-/m0/s1. The Kier molecular flexibility index (Phi) is 5.96.